The molecule has 0 fully saturated rings. The topological polar surface area (TPSA) is 61.9 Å². The summed E-state index contributed by atoms with van der Waals surface area (Å²) in [4.78, 5) is 7.64. The summed E-state index contributed by atoms with van der Waals surface area (Å²) >= 11 is 0. The van der Waals surface area contributed by atoms with E-state index in [4.69, 9.17) is 0 Å². The van der Waals surface area contributed by atoms with Crippen LogP contribution in [0.1, 0.15) is 22.4 Å². The molecule has 2 aromatic carbocycles. The highest BCUT2D eigenvalue weighted by Gasteiger charge is 2.36. The van der Waals surface area contributed by atoms with Crippen LogP contribution in [0.4, 0.5) is 19.1 Å². The smallest absolute Gasteiger partial charge is 0.308 e. The Morgan fingerprint density at radius 2 is 1.39 bits per heavy atom. The van der Waals surface area contributed by atoms with Crippen LogP contribution >= 0.6 is 0 Å². The molecule has 0 aliphatic rings. The van der Waals surface area contributed by atoms with Gasteiger partial charge in [0.2, 0.25) is 5.95 Å². The molecule has 0 saturated carbocycles. The minimum absolute atomic E-state index is 0.00274. The zero-order chi connectivity index (χ0) is 19.8. The maximum absolute atomic E-state index is 13.4. The molecule has 146 valence electrons. The van der Waals surface area contributed by atoms with Crippen molar-refractivity contribution in [2.75, 3.05) is 5.43 Å². The minimum atomic E-state index is -4.57. The first kappa shape index (κ1) is 19.8. The molecule has 0 unspecified atom stereocenters. The third-order valence-corrected chi connectivity index (χ3v) is 3.96. The highest BCUT2D eigenvalue weighted by atomic mass is 19.4. The summed E-state index contributed by atoms with van der Waals surface area (Å²) in [7, 11) is 0. The fourth-order valence-electron chi connectivity index (χ4n) is 2.60. The number of halogens is 3. The molecule has 3 N–H and O–H groups in total. The van der Waals surface area contributed by atoms with Gasteiger partial charge in [-0.15, -0.1) is 0 Å². The van der Waals surface area contributed by atoms with Crippen LogP contribution in [0.15, 0.2) is 66.9 Å². The molecule has 5 nitrogen and oxygen atoms in total. The van der Waals surface area contributed by atoms with E-state index in [0.29, 0.717) is 13.1 Å². The quantitative estimate of drug-likeness (QED) is 0.512. The Balaban J connectivity index is 1.62. The van der Waals surface area contributed by atoms with Crippen LogP contribution in [0.3, 0.4) is 0 Å². The Labute approximate surface area is 161 Å². The maximum atomic E-state index is 13.4. The average Bonchev–Trinajstić information content (AvgIpc) is 2.70. The summed E-state index contributed by atoms with van der Waals surface area (Å²) in [5.41, 5.74) is 6.46. The minimum Gasteiger partial charge on any atom is -0.308 e. The second kappa shape index (κ2) is 9.29. The summed E-state index contributed by atoms with van der Waals surface area (Å²) in [5.74, 6) is -0.130. The molecule has 1 aromatic heterocycles. The van der Waals surface area contributed by atoms with Gasteiger partial charge in [0.05, 0.1) is 0 Å². The second-order valence-electron chi connectivity index (χ2n) is 6.12. The molecular formula is C20H20F3N5. The van der Waals surface area contributed by atoms with Gasteiger partial charge in [0, 0.05) is 31.4 Å². The lowest BCUT2D eigenvalue weighted by Crippen LogP contribution is -2.25. The molecule has 3 aromatic rings. The molecule has 1 heterocycles. The van der Waals surface area contributed by atoms with Gasteiger partial charge in [-0.3, -0.25) is 5.43 Å². The largest absolute Gasteiger partial charge is 0.433 e. The van der Waals surface area contributed by atoms with Crippen molar-refractivity contribution in [2.45, 2.75) is 25.8 Å². The third kappa shape index (κ3) is 5.77. The second-order valence-corrected chi connectivity index (χ2v) is 6.12. The zero-order valence-corrected chi connectivity index (χ0v) is 15.0. The molecule has 0 aliphatic carbocycles. The normalized spacial score (nSPS) is 11.4. The van der Waals surface area contributed by atoms with Gasteiger partial charge < -0.3 is 5.32 Å². The fraction of sp³-hybridized carbons (Fsp3) is 0.200. The van der Waals surface area contributed by atoms with Crippen molar-refractivity contribution in [3.05, 3.63) is 89.2 Å². The van der Waals surface area contributed by atoms with Gasteiger partial charge in [-0.25, -0.2) is 15.4 Å². The lowest BCUT2D eigenvalue weighted by molar-refractivity contribution is -0.141. The average molecular weight is 387 g/mol. The number of anilines is 1. The van der Waals surface area contributed by atoms with Crippen molar-refractivity contribution in [1.29, 1.82) is 0 Å². The first-order valence-corrected chi connectivity index (χ1v) is 8.73. The molecule has 3 rings (SSSR count). The molecule has 0 radical (unpaired) electrons. The first-order chi connectivity index (χ1) is 13.5. The monoisotopic (exact) mass is 387 g/mol. The number of hydrogen-bond donors (Lipinski definition) is 3. The van der Waals surface area contributed by atoms with Crippen molar-refractivity contribution in [3.63, 3.8) is 0 Å². The number of rotatable bonds is 8. The number of benzene rings is 2. The van der Waals surface area contributed by atoms with E-state index in [1.54, 1.807) is 0 Å². The summed E-state index contributed by atoms with van der Waals surface area (Å²) < 4.78 is 40.2. The van der Waals surface area contributed by atoms with E-state index in [1.165, 1.54) is 6.20 Å². The van der Waals surface area contributed by atoms with Crippen LogP contribution in [0, 0.1) is 0 Å². The van der Waals surface area contributed by atoms with Gasteiger partial charge in [0.25, 0.3) is 0 Å². The molecule has 0 aliphatic heterocycles. The lowest BCUT2D eigenvalue weighted by atomic mass is 10.2. The van der Waals surface area contributed by atoms with Crippen LogP contribution in [0.2, 0.25) is 0 Å². The molecule has 0 bridgehead atoms. The summed E-state index contributed by atoms with van der Waals surface area (Å²) in [6.45, 7) is 0.893. The van der Waals surface area contributed by atoms with Crippen molar-refractivity contribution in [2.24, 2.45) is 0 Å². The first-order valence-electron chi connectivity index (χ1n) is 8.73. The van der Waals surface area contributed by atoms with Crippen molar-refractivity contribution >= 4 is 5.95 Å². The Kier molecular flexibility index (Phi) is 6.57. The molecule has 28 heavy (non-hydrogen) atoms. The molecule has 0 saturated heterocycles. The van der Waals surface area contributed by atoms with Gasteiger partial charge in [0.15, 0.2) is 5.69 Å². The highest BCUT2D eigenvalue weighted by molar-refractivity contribution is 5.30. The van der Waals surface area contributed by atoms with Crippen molar-refractivity contribution < 1.29 is 13.2 Å². The zero-order valence-electron chi connectivity index (χ0n) is 15.0. The molecule has 8 heteroatoms. The van der Waals surface area contributed by atoms with E-state index in [9.17, 15) is 13.2 Å². The molecule has 0 atom stereocenters. The molecular weight excluding hydrogens is 367 g/mol. The Bertz CT molecular complexity index is 870. The Hall–Kier alpha value is -2.97. The van der Waals surface area contributed by atoms with Crippen LogP contribution in [-0.2, 0) is 25.8 Å². The van der Waals surface area contributed by atoms with Crippen LogP contribution in [-0.4, -0.2) is 9.97 Å². The van der Waals surface area contributed by atoms with Crippen LogP contribution in [0.25, 0.3) is 0 Å². The van der Waals surface area contributed by atoms with Crippen LogP contribution < -0.4 is 16.2 Å². The van der Waals surface area contributed by atoms with Crippen LogP contribution in [0.5, 0.6) is 0 Å². The van der Waals surface area contributed by atoms with Gasteiger partial charge in [0.1, 0.15) is 0 Å². The van der Waals surface area contributed by atoms with Gasteiger partial charge >= 0.3 is 6.18 Å². The number of aromatic nitrogens is 2. The highest BCUT2D eigenvalue weighted by Crippen LogP contribution is 2.30. The molecule has 0 spiro atoms. The maximum Gasteiger partial charge on any atom is 0.433 e. The molecule has 0 amide bonds. The van der Waals surface area contributed by atoms with E-state index in [1.807, 2.05) is 60.7 Å². The number of nitrogens with one attached hydrogen (secondary N) is 3. The summed E-state index contributed by atoms with van der Waals surface area (Å²) in [6, 6.07) is 18.9. The predicted molar refractivity (Wildman–Crippen MR) is 101 cm³/mol. The third-order valence-electron chi connectivity index (χ3n) is 3.96. The van der Waals surface area contributed by atoms with Crippen molar-refractivity contribution in [1.82, 2.24) is 20.7 Å². The van der Waals surface area contributed by atoms with E-state index in [-0.39, 0.29) is 18.1 Å². The van der Waals surface area contributed by atoms with E-state index < -0.39 is 11.9 Å². The number of hydrogen-bond acceptors (Lipinski definition) is 5. The SMILES string of the molecule is FC(F)(F)c1nc(NNCc2ccccc2)ncc1CNCc1ccccc1. The number of hydrazine groups is 1. The summed E-state index contributed by atoms with van der Waals surface area (Å²) in [6.07, 6.45) is -3.37. The van der Waals surface area contributed by atoms with Gasteiger partial charge in [-0.05, 0) is 11.1 Å². The van der Waals surface area contributed by atoms with Gasteiger partial charge in [-0.1, -0.05) is 60.7 Å². The Morgan fingerprint density at radius 1 is 0.786 bits per heavy atom. The summed E-state index contributed by atoms with van der Waals surface area (Å²) in [5, 5.41) is 3.00. The van der Waals surface area contributed by atoms with Gasteiger partial charge in [-0.2, -0.15) is 13.2 Å². The fourth-order valence-corrected chi connectivity index (χ4v) is 2.60. The van der Waals surface area contributed by atoms with E-state index in [0.717, 1.165) is 11.1 Å². The Morgan fingerprint density at radius 3 is 2.00 bits per heavy atom. The van der Waals surface area contributed by atoms with E-state index in [2.05, 4.69) is 26.1 Å². The van der Waals surface area contributed by atoms with E-state index >= 15 is 0 Å². The van der Waals surface area contributed by atoms with Crippen molar-refractivity contribution in [3.8, 4) is 0 Å². The number of alkyl halides is 3. The standard InChI is InChI=1S/C20H20F3N5/c21-20(22,23)18-17(13-24-11-15-7-3-1-4-8-15)14-25-19(27-18)28-26-12-16-9-5-2-6-10-16/h1-10,14,24,26H,11-13H2,(H,25,27,28). The predicted octanol–water partition coefficient (Wildman–Crippen LogP) is 3.90. The lowest BCUT2D eigenvalue weighted by Gasteiger charge is -2.14. The number of nitrogens with zero attached hydrogens (tertiary/aromatic N) is 2.